The van der Waals surface area contributed by atoms with Gasteiger partial charge in [-0.3, -0.25) is 9.59 Å². The molecular formula is C19H18N2O5. The molecule has 1 aromatic carbocycles. The van der Waals surface area contributed by atoms with Crippen LogP contribution in [0.25, 0.3) is 0 Å². The van der Waals surface area contributed by atoms with E-state index in [4.69, 9.17) is 9.52 Å². The van der Waals surface area contributed by atoms with E-state index in [-0.39, 0.29) is 35.0 Å². The number of nitrogens with zero attached hydrogens (tertiary/aromatic N) is 1. The van der Waals surface area contributed by atoms with Gasteiger partial charge in [0.05, 0.1) is 11.5 Å². The number of carbonyl (C=O) groups excluding carboxylic acids is 2. The van der Waals surface area contributed by atoms with E-state index in [0.29, 0.717) is 25.9 Å². The second kappa shape index (κ2) is 6.33. The zero-order valence-electron chi connectivity index (χ0n) is 14.0. The summed E-state index contributed by atoms with van der Waals surface area (Å²) >= 11 is 0. The summed E-state index contributed by atoms with van der Waals surface area (Å²) in [5.41, 5.74) is 1.86. The summed E-state index contributed by atoms with van der Waals surface area (Å²) < 4.78 is 5.09. The maximum Gasteiger partial charge on any atom is 0.338 e. The molecule has 0 saturated carbocycles. The van der Waals surface area contributed by atoms with Gasteiger partial charge in [0.25, 0.3) is 5.91 Å². The average Bonchev–Trinajstić information content (AvgIpc) is 3.25. The molecule has 0 bridgehead atoms. The number of carboxylic acid groups (broad SMARTS) is 1. The number of fused-ring (bicyclic) bond motifs is 1. The highest BCUT2D eigenvalue weighted by atomic mass is 16.4. The van der Waals surface area contributed by atoms with Crippen LogP contribution in [-0.2, 0) is 4.79 Å². The van der Waals surface area contributed by atoms with Gasteiger partial charge in [-0.2, -0.15) is 0 Å². The Labute approximate surface area is 149 Å². The van der Waals surface area contributed by atoms with Gasteiger partial charge in [-0.1, -0.05) is 18.2 Å². The second-order valence-electron chi connectivity index (χ2n) is 6.69. The van der Waals surface area contributed by atoms with E-state index in [0.717, 1.165) is 17.5 Å². The summed E-state index contributed by atoms with van der Waals surface area (Å²) in [6.07, 6.45) is 2.50. The number of carboxylic acids is 1. The Balaban J connectivity index is 1.43. The molecular weight excluding hydrogens is 336 g/mol. The van der Waals surface area contributed by atoms with Crippen LogP contribution in [0.5, 0.6) is 0 Å². The van der Waals surface area contributed by atoms with Crippen molar-refractivity contribution in [2.24, 2.45) is 5.92 Å². The molecule has 1 saturated heterocycles. The summed E-state index contributed by atoms with van der Waals surface area (Å²) in [6.45, 7) is 1.02. The van der Waals surface area contributed by atoms with E-state index in [1.807, 2.05) is 24.3 Å². The van der Waals surface area contributed by atoms with Crippen molar-refractivity contribution in [1.82, 2.24) is 4.90 Å². The molecule has 7 heteroatoms. The topological polar surface area (TPSA) is 99.8 Å². The van der Waals surface area contributed by atoms with Gasteiger partial charge in [0.1, 0.15) is 6.26 Å². The molecule has 1 aromatic heterocycles. The van der Waals surface area contributed by atoms with E-state index in [1.165, 1.54) is 6.07 Å². The third-order valence-corrected chi connectivity index (χ3v) is 5.19. The number of para-hydroxylation sites is 1. The highest BCUT2D eigenvalue weighted by Crippen LogP contribution is 2.41. The van der Waals surface area contributed by atoms with Crippen molar-refractivity contribution in [1.29, 1.82) is 0 Å². The Morgan fingerprint density at radius 2 is 1.92 bits per heavy atom. The molecule has 3 heterocycles. The molecule has 2 aliphatic rings. The third kappa shape index (κ3) is 2.75. The first kappa shape index (κ1) is 16.4. The van der Waals surface area contributed by atoms with Gasteiger partial charge < -0.3 is 19.7 Å². The van der Waals surface area contributed by atoms with Crippen LogP contribution in [0.2, 0.25) is 0 Å². The minimum absolute atomic E-state index is 0.0214. The van der Waals surface area contributed by atoms with Crippen LogP contribution in [0.1, 0.15) is 45.2 Å². The molecule has 2 N–H and O–H groups in total. The van der Waals surface area contributed by atoms with Crippen LogP contribution < -0.4 is 5.32 Å². The van der Waals surface area contributed by atoms with Crippen LogP contribution >= 0.6 is 0 Å². The SMILES string of the molecule is O=C(O)c1coc(C(=O)N2CCC(C3C(=O)Nc4ccccc43)CC2)c1. The Morgan fingerprint density at radius 3 is 2.62 bits per heavy atom. The highest BCUT2D eigenvalue weighted by molar-refractivity contribution is 6.03. The molecule has 0 aliphatic carbocycles. The summed E-state index contributed by atoms with van der Waals surface area (Å²) in [5.74, 6) is -1.39. The van der Waals surface area contributed by atoms with E-state index >= 15 is 0 Å². The Hall–Kier alpha value is -3.09. The van der Waals surface area contributed by atoms with E-state index < -0.39 is 5.97 Å². The number of furan rings is 1. The predicted octanol–water partition coefficient (Wildman–Crippen LogP) is 2.57. The fourth-order valence-corrected chi connectivity index (χ4v) is 3.85. The minimum atomic E-state index is -1.13. The van der Waals surface area contributed by atoms with Crippen LogP contribution in [0, 0.1) is 5.92 Å². The van der Waals surface area contributed by atoms with Crippen LogP contribution in [0.4, 0.5) is 5.69 Å². The zero-order chi connectivity index (χ0) is 18.3. The number of aromatic carboxylic acids is 1. The predicted molar refractivity (Wildman–Crippen MR) is 92.1 cm³/mol. The zero-order valence-corrected chi connectivity index (χ0v) is 14.0. The van der Waals surface area contributed by atoms with Gasteiger partial charge in [-0.25, -0.2) is 4.79 Å². The minimum Gasteiger partial charge on any atom is -0.478 e. The third-order valence-electron chi connectivity index (χ3n) is 5.19. The first-order chi connectivity index (χ1) is 12.5. The van der Waals surface area contributed by atoms with E-state index in [1.54, 1.807) is 4.90 Å². The number of anilines is 1. The number of piperidine rings is 1. The fourth-order valence-electron chi connectivity index (χ4n) is 3.85. The summed E-state index contributed by atoms with van der Waals surface area (Å²) in [5, 5.41) is 11.9. The first-order valence-electron chi connectivity index (χ1n) is 8.55. The molecule has 4 rings (SSSR count). The monoisotopic (exact) mass is 354 g/mol. The van der Waals surface area contributed by atoms with Gasteiger partial charge >= 0.3 is 5.97 Å². The van der Waals surface area contributed by atoms with Crippen LogP contribution in [0.3, 0.4) is 0 Å². The van der Waals surface area contributed by atoms with Crippen molar-refractivity contribution in [2.75, 3.05) is 18.4 Å². The number of benzene rings is 1. The molecule has 1 fully saturated rings. The highest BCUT2D eigenvalue weighted by Gasteiger charge is 2.39. The van der Waals surface area contributed by atoms with Crippen LogP contribution in [0.15, 0.2) is 41.0 Å². The number of hydrogen-bond donors (Lipinski definition) is 2. The summed E-state index contributed by atoms with van der Waals surface area (Å²) in [6, 6.07) is 8.96. The smallest absolute Gasteiger partial charge is 0.338 e. The van der Waals surface area contributed by atoms with Crippen molar-refractivity contribution in [2.45, 2.75) is 18.8 Å². The van der Waals surface area contributed by atoms with Crippen LogP contribution in [-0.4, -0.2) is 40.9 Å². The largest absolute Gasteiger partial charge is 0.478 e. The average molecular weight is 354 g/mol. The van der Waals surface area contributed by atoms with Gasteiger partial charge in [-0.15, -0.1) is 0 Å². The lowest BCUT2D eigenvalue weighted by molar-refractivity contribution is -0.118. The summed E-state index contributed by atoms with van der Waals surface area (Å²) in [7, 11) is 0. The molecule has 7 nitrogen and oxygen atoms in total. The molecule has 2 amide bonds. The molecule has 1 atom stereocenters. The molecule has 0 radical (unpaired) electrons. The second-order valence-corrected chi connectivity index (χ2v) is 6.69. The Morgan fingerprint density at radius 1 is 1.19 bits per heavy atom. The number of likely N-dealkylation sites (tertiary alicyclic amines) is 1. The molecule has 1 unspecified atom stereocenters. The number of rotatable bonds is 3. The summed E-state index contributed by atoms with van der Waals surface area (Å²) in [4.78, 5) is 37.4. The lowest BCUT2D eigenvalue weighted by atomic mass is 9.81. The van der Waals surface area contributed by atoms with Gasteiger partial charge in [0, 0.05) is 24.8 Å². The quantitative estimate of drug-likeness (QED) is 0.882. The van der Waals surface area contributed by atoms with Crippen molar-refractivity contribution in [3.63, 3.8) is 0 Å². The number of carbonyl (C=O) groups is 3. The van der Waals surface area contributed by atoms with Gasteiger partial charge in [-0.05, 0) is 30.4 Å². The maximum absolute atomic E-state index is 12.5. The Bertz CT molecular complexity index is 880. The Kier molecular flexibility index (Phi) is 3.99. The first-order valence-corrected chi connectivity index (χ1v) is 8.55. The van der Waals surface area contributed by atoms with E-state index in [9.17, 15) is 14.4 Å². The van der Waals surface area contributed by atoms with Gasteiger partial charge in [0.15, 0.2) is 5.76 Å². The lowest BCUT2D eigenvalue weighted by Gasteiger charge is -2.33. The van der Waals surface area contributed by atoms with E-state index in [2.05, 4.69) is 5.32 Å². The van der Waals surface area contributed by atoms with Crippen molar-refractivity contribution in [3.05, 3.63) is 53.5 Å². The standard InChI is InChI=1S/C19H18N2O5/c22-17-16(13-3-1-2-4-14(13)20-17)11-5-7-21(8-6-11)18(23)15-9-12(10-26-15)19(24)25/h1-4,9-11,16H,5-8H2,(H,20,22)(H,24,25). The maximum atomic E-state index is 12.5. The van der Waals surface area contributed by atoms with Crippen molar-refractivity contribution in [3.8, 4) is 0 Å². The lowest BCUT2D eigenvalue weighted by Crippen LogP contribution is -2.40. The molecule has 2 aliphatic heterocycles. The normalized spacial score (nSPS) is 19.9. The molecule has 0 spiro atoms. The number of amides is 2. The van der Waals surface area contributed by atoms with Crippen molar-refractivity contribution < 1.29 is 23.9 Å². The number of nitrogens with one attached hydrogen (secondary N) is 1. The number of hydrogen-bond acceptors (Lipinski definition) is 4. The molecule has 134 valence electrons. The molecule has 2 aromatic rings. The van der Waals surface area contributed by atoms with Crippen molar-refractivity contribution >= 4 is 23.5 Å². The molecule has 26 heavy (non-hydrogen) atoms. The van der Waals surface area contributed by atoms with Gasteiger partial charge in [0.2, 0.25) is 5.91 Å². The fraction of sp³-hybridized carbons (Fsp3) is 0.316.